The van der Waals surface area contributed by atoms with Crippen LogP contribution in [0.1, 0.15) is 24.4 Å². The summed E-state index contributed by atoms with van der Waals surface area (Å²) in [6, 6.07) is 4.92. The third-order valence-corrected chi connectivity index (χ3v) is 3.66. The molecule has 20 heavy (non-hydrogen) atoms. The van der Waals surface area contributed by atoms with Crippen molar-refractivity contribution in [2.24, 2.45) is 0 Å². The van der Waals surface area contributed by atoms with Crippen molar-refractivity contribution in [1.29, 1.82) is 0 Å². The summed E-state index contributed by atoms with van der Waals surface area (Å²) in [5.41, 5.74) is 0.582. The van der Waals surface area contributed by atoms with Crippen molar-refractivity contribution >= 4 is 11.9 Å². The van der Waals surface area contributed by atoms with E-state index in [-0.39, 0.29) is 18.6 Å². The molecule has 3 rings (SSSR count). The van der Waals surface area contributed by atoms with Gasteiger partial charge in [0.15, 0.2) is 6.10 Å². The van der Waals surface area contributed by atoms with Crippen LogP contribution in [0.4, 0.5) is 4.39 Å². The van der Waals surface area contributed by atoms with Crippen LogP contribution in [0.15, 0.2) is 24.3 Å². The molecule has 1 N–H and O–H groups in total. The van der Waals surface area contributed by atoms with E-state index >= 15 is 0 Å². The van der Waals surface area contributed by atoms with Gasteiger partial charge in [-0.3, -0.25) is 4.79 Å². The van der Waals surface area contributed by atoms with Crippen molar-refractivity contribution in [3.05, 3.63) is 35.6 Å². The highest BCUT2D eigenvalue weighted by molar-refractivity contribution is 5.83. The molecule has 1 aliphatic heterocycles. The van der Waals surface area contributed by atoms with E-state index in [1.807, 2.05) is 0 Å². The molecule has 1 saturated carbocycles. The van der Waals surface area contributed by atoms with Crippen molar-refractivity contribution < 1.29 is 23.8 Å². The molecule has 0 radical (unpaired) electrons. The molecule has 1 aromatic rings. The standard InChI is InChI=1S/C14H14FNO4/c15-9-3-1-8(2-4-9)12-13(14(18)19)20-7-11(17)16(12)10-5-6-10/h1-4,10,12-13H,5-7H2,(H,18,19)/t12-,13+/m1/s1. The SMILES string of the molecule is O=C(O)[C@H]1OCC(=O)N(C2CC2)[C@@H]1c1ccc(F)cc1. The van der Waals surface area contributed by atoms with Gasteiger partial charge in [-0.2, -0.15) is 0 Å². The van der Waals surface area contributed by atoms with E-state index in [2.05, 4.69) is 0 Å². The van der Waals surface area contributed by atoms with Gasteiger partial charge in [-0.1, -0.05) is 12.1 Å². The average molecular weight is 279 g/mol. The molecule has 1 aromatic carbocycles. The predicted molar refractivity (Wildman–Crippen MR) is 66.4 cm³/mol. The maximum Gasteiger partial charge on any atom is 0.335 e. The number of morpholine rings is 1. The lowest BCUT2D eigenvalue weighted by molar-refractivity contribution is -0.174. The lowest BCUT2D eigenvalue weighted by Crippen LogP contribution is -2.52. The predicted octanol–water partition coefficient (Wildman–Crippen LogP) is 1.34. The normalized spacial score (nSPS) is 26.6. The largest absolute Gasteiger partial charge is 0.479 e. The van der Waals surface area contributed by atoms with Crippen molar-refractivity contribution in [3.8, 4) is 0 Å². The molecule has 6 heteroatoms. The molecule has 106 valence electrons. The lowest BCUT2D eigenvalue weighted by atomic mass is 9.97. The van der Waals surface area contributed by atoms with Crippen molar-refractivity contribution in [2.45, 2.75) is 31.0 Å². The van der Waals surface area contributed by atoms with E-state index in [1.165, 1.54) is 24.3 Å². The molecule has 0 bridgehead atoms. The summed E-state index contributed by atoms with van der Waals surface area (Å²) in [6.45, 7) is -0.217. The van der Waals surface area contributed by atoms with Crippen molar-refractivity contribution in [2.75, 3.05) is 6.61 Å². The highest BCUT2D eigenvalue weighted by Crippen LogP contribution is 2.39. The van der Waals surface area contributed by atoms with Gasteiger partial charge in [-0.05, 0) is 30.5 Å². The Kier molecular flexibility index (Phi) is 3.17. The fourth-order valence-corrected chi connectivity index (χ4v) is 2.61. The number of carbonyl (C=O) groups is 2. The zero-order valence-corrected chi connectivity index (χ0v) is 10.7. The van der Waals surface area contributed by atoms with Crippen LogP contribution < -0.4 is 0 Å². The fourth-order valence-electron chi connectivity index (χ4n) is 2.61. The molecule has 0 aromatic heterocycles. The van der Waals surface area contributed by atoms with Crippen molar-refractivity contribution in [3.63, 3.8) is 0 Å². The summed E-state index contributed by atoms with van der Waals surface area (Å²) in [5.74, 6) is -1.72. The maximum atomic E-state index is 13.0. The fraction of sp³-hybridized carbons (Fsp3) is 0.429. The Balaban J connectivity index is 2.00. The number of halogens is 1. The molecule has 2 aliphatic rings. The van der Waals surface area contributed by atoms with Gasteiger partial charge < -0.3 is 14.7 Å². The summed E-state index contributed by atoms with van der Waals surface area (Å²) >= 11 is 0. The smallest absolute Gasteiger partial charge is 0.335 e. The van der Waals surface area contributed by atoms with Crippen molar-refractivity contribution in [1.82, 2.24) is 4.90 Å². The van der Waals surface area contributed by atoms with Gasteiger partial charge in [0.1, 0.15) is 12.4 Å². The van der Waals surface area contributed by atoms with E-state index < -0.39 is 23.9 Å². The van der Waals surface area contributed by atoms with Gasteiger partial charge in [0.05, 0.1) is 6.04 Å². The van der Waals surface area contributed by atoms with Crippen LogP contribution in [0.3, 0.4) is 0 Å². The Bertz CT molecular complexity index is 541. The Labute approximate surface area is 114 Å². The number of benzene rings is 1. The van der Waals surface area contributed by atoms with Crippen LogP contribution in [-0.4, -0.2) is 40.6 Å². The Morgan fingerprint density at radius 1 is 1.30 bits per heavy atom. The van der Waals surface area contributed by atoms with Gasteiger partial charge in [0.25, 0.3) is 0 Å². The second-order valence-corrected chi connectivity index (χ2v) is 5.10. The molecule has 1 heterocycles. The van der Waals surface area contributed by atoms with Crippen LogP contribution in [-0.2, 0) is 14.3 Å². The third-order valence-electron chi connectivity index (χ3n) is 3.66. The number of carboxylic acid groups (broad SMARTS) is 1. The summed E-state index contributed by atoms with van der Waals surface area (Å²) in [4.78, 5) is 25.0. The number of hydrogen-bond donors (Lipinski definition) is 1. The summed E-state index contributed by atoms with van der Waals surface area (Å²) in [5, 5.41) is 9.29. The quantitative estimate of drug-likeness (QED) is 0.906. The van der Waals surface area contributed by atoms with Crippen LogP contribution in [0.25, 0.3) is 0 Å². The van der Waals surface area contributed by atoms with E-state index in [9.17, 15) is 19.1 Å². The monoisotopic (exact) mass is 279 g/mol. The summed E-state index contributed by atoms with van der Waals surface area (Å²) < 4.78 is 18.2. The maximum absolute atomic E-state index is 13.0. The Morgan fingerprint density at radius 2 is 1.95 bits per heavy atom. The number of carboxylic acids is 1. The molecule has 1 amide bonds. The lowest BCUT2D eigenvalue weighted by Gasteiger charge is -2.39. The Hall–Kier alpha value is -1.95. The third kappa shape index (κ3) is 2.27. The first-order chi connectivity index (χ1) is 9.58. The minimum absolute atomic E-state index is 0.0725. The molecule has 1 aliphatic carbocycles. The van der Waals surface area contributed by atoms with Crippen LogP contribution >= 0.6 is 0 Å². The van der Waals surface area contributed by atoms with Gasteiger partial charge in [-0.25, -0.2) is 9.18 Å². The number of ether oxygens (including phenoxy) is 1. The van der Waals surface area contributed by atoms with E-state index in [4.69, 9.17) is 4.74 Å². The number of nitrogens with zero attached hydrogens (tertiary/aromatic N) is 1. The van der Waals surface area contributed by atoms with Gasteiger partial charge in [-0.15, -0.1) is 0 Å². The summed E-state index contributed by atoms with van der Waals surface area (Å²) in [6.07, 6.45) is 0.629. The van der Waals surface area contributed by atoms with E-state index in [1.54, 1.807) is 4.90 Å². The number of rotatable bonds is 3. The first-order valence-electron chi connectivity index (χ1n) is 6.49. The minimum Gasteiger partial charge on any atom is -0.479 e. The van der Waals surface area contributed by atoms with Gasteiger partial charge in [0, 0.05) is 6.04 Å². The van der Waals surface area contributed by atoms with Gasteiger partial charge in [0.2, 0.25) is 5.91 Å². The zero-order valence-electron chi connectivity index (χ0n) is 10.7. The van der Waals surface area contributed by atoms with Crippen LogP contribution in [0.5, 0.6) is 0 Å². The van der Waals surface area contributed by atoms with Gasteiger partial charge >= 0.3 is 5.97 Å². The molecular weight excluding hydrogens is 265 g/mol. The zero-order chi connectivity index (χ0) is 14.3. The van der Waals surface area contributed by atoms with Crippen LogP contribution in [0.2, 0.25) is 0 Å². The molecule has 5 nitrogen and oxygen atoms in total. The number of carbonyl (C=O) groups excluding carboxylic acids is 1. The highest BCUT2D eigenvalue weighted by atomic mass is 19.1. The highest BCUT2D eigenvalue weighted by Gasteiger charge is 2.47. The second-order valence-electron chi connectivity index (χ2n) is 5.10. The molecule has 2 fully saturated rings. The molecule has 1 saturated heterocycles. The number of aliphatic carboxylic acids is 1. The molecule has 0 spiro atoms. The van der Waals surface area contributed by atoms with E-state index in [0.717, 1.165) is 12.8 Å². The Morgan fingerprint density at radius 3 is 2.50 bits per heavy atom. The first-order valence-corrected chi connectivity index (χ1v) is 6.49. The second kappa shape index (κ2) is 4.86. The van der Waals surface area contributed by atoms with Crippen LogP contribution in [0, 0.1) is 5.82 Å². The molecule has 2 atom stereocenters. The molecular formula is C14H14FNO4. The number of amides is 1. The topological polar surface area (TPSA) is 66.8 Å². The molecule has 0 unspecified atom stereocenters. The minimum atomic E-state index is -1.11. The number of hydrogen-bond acceptors (Lipinski definition) is 3. The summed E-state index contributed by atoms with van der Waals surface area (Å²) in [7, 11) is 0. The first kappa shape index (κ1) is 13.1. The average Bonchev–Trinajstić information content (AvgIpc) is 3.23. The van der Waals surface area contributed by atoms with E-state index in [0.29, 0.717) is 5.56 Å².